The van der Waals surface area contributed by atoms with Crippen molar-refractivity contribution in [2.24, 2.45) is 0 Å². The van der Waals surface area contributed by atoms with Gasteiger partial charge in [-0.05, 0) is 18.1 Å². The van der Waals surface area contributed by atoms with Crippen molar-refractivity contribution >= 4 is 6.08 Å². The molecule has 4 heteroatoms. The first-order valence-electron chi connectivity index (χ1n) is 6.02. The third-order valence-corrected chi connectivity index (χ3v) is 3.23. The third-order valence-electron chi connectivity index (χ3n) is 3.23. The molecule has 0 bridgehead atoms. The first-order valence-corrected chi connectivity index (χ1v) is 6.02. The van der Waals surface area contributed by atoms with Crippen LogP contribution in [0.1, 0.15) is 18.1 Å². The molecule has 4 nitrogen and oxygen atoms in total. The SMILES string of the molecule is C[C@H]1O[C@@H](/C=C/c2ccccc2CO)[C@H](O)[C@@H]1O. The highest BCUT2D eigenvalue weighted by Gasteiger charge is 2.38. The van der Waals surface area contributed by atoms with Crippen LogP contribution in [0.15, 0.2) is 30.3 Å². The van der Waals surface area contributed by atoms with Gasteiger partial charge in [0.25, 0.3) is 0 Å². The highest BCUT2D eigenvalue weighted by Crippen LogP contribution is 2.23. The maximum absolute atomic E-state index is 9.76. The zero-order valence-electron chi connectivity index (χ0n) is 10.2. The topological polar surface area (TPSA) is 69.9 Å². The van der Waals surface area contributed by atoms with Crippen LogP contribution in [0.5, 0.6) is 0 Å². The van der Waals surface area contributed by atoms with Gasteiger partial charge in [-0.3, -0.25) is 0 Å². The van der Waals surface area contributed by atoms with E-state index in [-0.39, 0.29) is 12.7 Å². The van der Waals surface area contributed by atoms with E-state index in [0.717, 1.165) is 11.1 Å². The molecule has 0 aliphatic carbocycles. The second kappa shape index (κ2) is 5.63. The van der Waals surface area contributed by atoms with Crippen LogP contribution in [0.2, 0.25) is 0 Å². The minimum atomic E-state index is -0.905. The lowest BCUT2D eigenvalue weighted by molar-refractivity contribution is 0.0316. The molecule has 3 N–H and O–H groups in total. The number of hydrogen-bond acceptors (Lipinski definition) is 4. The molecule has 2 rings (SSSR count). The molecule has 1 aromatic carbocycles. The summed E-state index contributed by atoms with van der Waals surface area (Å²) in [6.45, 7) is 1.69. The molecule has 0 radical (unpaired) electrons. The zero-order valence-corrected chi connectivity index (χ0v) is 10.2. The van der Waals surface area contributed by atoms with Crippen LogP contribution in [0.4, 0.5) is 0 Å². The fourth-order valence-corrected chi connectivity index (χ4v) is 2.08. The van der Waals surface area contributed by atoms with Gasteiger partial charge in [0, 0.05) is 0 Å². The summed E-state index contributed by atoms with van der Waals surface area (Å²) < 4.78 is 5.43. The molecule has 0 spiro atoms. The first kappa shape index (κ1) is 13.2. The van der Waals surface area contributed by atoms with Crippen molar-refractivity contribution in [1.82, 2.24) is 0 Å². The molecule has 1 fully saturated rings. The van der Waals surface area contributed by atoms with Crippen molar-refractivity contribution in [3.05, 3.63) is 41.5 Å². The van der Waals surface area contributed by atoms with Crippen LogP contribution in [0, 0.1) is 0 Å². The van der Waals surface area contributed by atoms with E-state index < -0.39 is 18.3 Å². The van der Waals surface area contributed by atoms with Crippen molar-refractivity contribution in [2.75, 3.05) is 0 Å². The van der Waals surface area contributed by atoms with Crippen molar-refractivity contribution in [3.63, 3.8) is 0 Å². The summed E-state index contributed by atoms with van der Waals surface area (Å²) in [5.41, 5.74) is 1.69. The normalized spacial score (nSPS) is 32.2. The molecule has 98 valence electrons. The zero-order chi connectivity index (χ0) is 13.1. The second-order valence-electron chi connectivity index (χ2n) is 4.50. The maximum Gasteiger partial charge on any atom is 0.112 e. The van der Waals surface area contributed by atoms with Gasteiger partial charge in [0.2, 0.25) is 0 Å². The van der Waals surface area contributed by atoms with Crippen LogP contribution < -0.4 is 0 Å². The average molecular weight is 250 g/mol. The highest BCUT2D eigenvalue weighted by atomic mass is 16.5. The van der Waals surface area contributed by atoms with E-state index in [1.54, 1.807) is 19.1 Å². The van der Waals surface area contributed by atoms with E-state index in [9.17, 15) is 15.3 Å². The van der Waals surface area contributed by atoms with Gasteiger partial charge >= 0.3 is 0 Å². The minimum absolute atomic E-state index is 0.0341. The van der Waals surface area contributed by atoms with Crippen LogP contribution in [-0.2, 0) is 11.3 Å². The number of rotatable bonds is 3. The van der Waals surface area contributed by atoms with Gasteiger partial charge in [0.05, 0.1) is 12.7 Å². The monoisotopic (exact) mass is 250 g/mol. The van der Waals surface area contributed by atoms with Crippen LogP contribution in [0.25, 0.3) is 6.08 Å². The van der Waals surface area contributed by atoms with Crippen molar-refractivity contribution in [3.8, 4) is 0 Å². The van der Waals surface area contributed by atoms with E-state index in [0.29, 0.717) is 0 Å². The molecule has 0 unspecified atom stereocenters. The molecule has 0 saturated carbocycles. The lowest BCUT2D eigenvalue weighted by Gasteiger charge is -2.10. The molecule has 1 aromatic rings. The van der Waals surface area contributed by atoms with Gasteiger partial charge in [-0.15, -0.1) is 0 Å². The molecule has 1 heterocycles. The Bertz CT molecular complexity index is 430. The Hall–Kier alpha value is -1.20. The van der Waals surface area contributed by atoms with Crippen molar-refractivity contribution < 1.29 is 20.1 Å². The molecule has 1 aliphatic rings. The van der Waals surface area contributed by atoms with Gasteiger partial charge in [0.1, 0.15) is 18.3 Å². The smallest absolute Gasteiger partial charge is 0.112 e. The summed E-state index contributed by atoms with van der Waals surface area (Å²) in [5, 5.41) is 28.5. The molecule has 18 heavy (non-hydrogen) atoms. The lowest BCUT2D eigenvalue weighted by atomic mass is 10.0. The number of aliphatic hydroxyl groups is 3. The quantitative estimate of drug-likeness (QED) is 0.738. The number of ether oxygens (including phenoxy) is 1. The maximum atomic E-state index is 9.76. The Labute approximate surface area is 106 Å². The molecular formula is C14H18O4. The van der Waals surface area contributed by atoms with Gasteiger partial charge in [0.15, 0.2) is 0 Å². The van der Waals surface area contributed by atoms with Crippen molar-refractivity contribution in [2.45, 2.75) is 37.9 Å². The predicted molar refractivity (Wildman–Crippen MR) is 67.7 cm³/mol. The van der Waals surface area contributed by atoms with Gasteiger partial charge in [-0.2, -0.15) is 0 Å². The van der Waals surface area contributed by atoms with E-state index in [1.165, 1.54) is 0 Å². The molecule has 1 aliphatic heterocycles. The molecule has 0 amide bonds. The number of hydrogen-bond donors (Lipinski definition) is 3. The fourth-order valence-electron chi connectivity index (χ4n) is 2.08. The summed E-state index contributed by atoms with van der Waals surface area (Å²) >= 11 is 0. The molecule has 1 saturated heterocycles. The largest absolute Gasteiger partial charge is 0.392 e. The summed E-state index contributed by atoms with van der Waals surface area (Å²) in [4.78, 5) is 0. The number of aliphatic hydroxyl groups excluding tert-OH is 3. The average Bonchev–Trinajstić information content (AvgIpc) is 2.64. The number of benzene rings is 1. The van der Waals surface area contributed by atoms with Crippen LogP contribution in [-0.4, -0.2) is 39.7 Å². The standard InChI is InChI=1S/C14H18O4/c1-9-13(16)14(17)12(18-9)7-6-10-4-2-3-5-11(10)8-15/h2-7,9,12-17H,8H2,1H3/b7-6+/t9-,12+,13-,14+/m1/s1. The van der Waals surface area contributed by atoms with Gasteiger partial charge < -0.3 is 20.1 Å². The van der Waals surface area contributed by atoms with Crippen LogP contribution in [0.3, 0.4) is 0 Å². The molecule has 0 aromatic heterocycles. The van der Waals surface area contributed by atoms with E-state index in [2.05, 4.69) is 0 Å². The summed E-state index contributed by atoms with van der Waals surface area (Å²) in [7, 11) is 0. The minimum Gasteiger partial charge on any atom is -0.392 e. The van der Waals surface area contributed by atoms with Crippen molar-refractivity contribution in [1.29, 1.82) is 0 Å². The van der Waals surface area contributed by atoms with Gasteiger partial charge in [-0.1, -0.05) is 36.4 Å². The Morgan fingerprint density at radius 2 is 1.94 bits per heavy atom. The Balaban J connectivity index is 2.12. The summed E-state index contributed by atoms with van der Waals surface area (Å²) in [5.74, 6) is 0. The molecular weight excluding hydrogens is 232 g/mol. The van der Waals surface area contributed by atoms with Gasteiger partial charge in [-0.25, -0.2) is 0 Å². The van der Waals surface area contributed by atoms with E-state index in [1.807, 2.05) is 24.3 Å². The summed E-state index contributed by atoms with van der Waals surface area (Å²) in [6, 6.07) is 7.45. The Morgan fingerprint density at radius 3 is 2.56 bits per heavy atom. The van der Waals surface area contributed by atoms with E-state index >= 15 is 0 Å². The fraction of sp³-hybridized carbons (Fsp3) is 0.429. The lowest BCUT2D eigenvalue weighted by Crippen LogP contribution is -2.30. The van der Waals surface area contributed by atoms with E-state index in [4.69, 9.17) is 4.74 Å². The highest BCUT2D eigenvalue weighted by molar-refractivity contribution is 5.54. The van der Waals surface area contributed by atoms with Crippen LogP contribution >= 0.6 is 0 Å². The summed E-state index contributed by atoms with van der Waals surface area (Å²) in [6.07, 6.45) is 0.866. The predicted octanol–water partition coefficient (Wildman–Crippen LogP) is 0.701. The Morgan fingerprint density at radius 1 is 1.22 bits per heavy atom. The third kappa shape index (κ3) is 2.62. The second-order valence-corrected chi connectivity index (χ2v) is 4.50. The Kier molecular flexibility index (Phi) is 4.14. The first-order chi connectivity index (χ1) is 8.63. The molecule has 4 atom stereocenters.